The highest BCUT2D eigenvalue weighted by Crippen LogP contribution is 2.28. The number of nitrogens with one attached hydrogen (secondary N) is 1. The van der Waals surface area contributed by atoms with Gasteiger partial charge < -0.3 is 10.1 Å². The van der Waals surface area contributed by atoms with Crippen molar-refractivity contribution in [3.8, 4) is 0 Å². The topological polar surface area (TPSA) is 92.8 Å². The Bertz CT molecular complexity index is 928. The molecule has 1 heterocycles. The molecule has 1 N–H and O–H groups in total. The highest BCUT2D eigenvalue weighted by atomic mass is 32.2. The van der Waals surface area contributed by atoms with Crippen molar-refractivity contribution in [2.45, 2.75) is 11.8 Å². The Labute approximate surface area is 158 Å². The van der Waals surface area contributed by atoms with E-state index in [1.165, 1.54) is 11.0 Å². The van der Waals surface area contributed by atoms with Gasteiger partial charge in [0, 0.05) is 5.75 Å². The van der Waals surface area contributed by atoms with E-state index in [9.17, 15) is 18.6 Å². The molecule has 0 radical (unpaired) electrons. The Hall–Kier alpha value is -3.00. The van der Waals surface area contributed by atoms with Gasteiger partial charge in [-0.25, -0.2) is 4.79 Å². The molecule has 0 spiro atoms. The second kappa shape index (κ2) is 8.13. The van der Waals surface area contributed by atoms with Crippen molar-refractivity contribution >= 4 is 40.0 Å². The third kappa shape index (κ3) is 4.06. The number of esters is 1. The standard InChI is InChI=1S/C19H18N2O5S/c1-2-27(25)16-10-6-3-7-13(16)19(24)26-12-18(23)21-11-17(22)20-14-8-4-5-9-15(14)21/h3-10H,2,11-12H2,1H3,(H,20,22)/t27-/m0/s1. The monoisotopic (exact) mass is 386 g/mol. The third-order valence-corrected chi connectivity index (χ3v) is 5.38. The fourth-order valence-electron chi connectivity index (χ4n) is 2.73. The highest BCUT2D eigenvalue weighted by Gasteiger charge is 2.27. The van der Waals surface area contributed by atoms with Crippen LogP contribution in [0, 0.1) is 0 Å². The number of carbonyl (C=O) groups is 3. The molecule has 7 nitrogen and oxygen atoms in total. The smallest absolute Gasteiger partial charge is 0.339 e. The largest absolute Gasteiger partial charge is 0.452 e. The van der Waals surface area contributed by atoms with E-state index in [-0.39, 0.29) is 18.0 Å². The molecule has 1 aliphatic rings. The number of fused-ring (bicyclic) bond motifs is 1. The quantitative estimate of drug-likeness (QED) is 0.793. The SMILES string of the molecule is CC[S@](=O)c1ccccc1C(=O)OCC(=O)N1CC(=O)Nc2ccccc21. The number of anilines is 2. The Morgan fingerprint density at radius 3 is 2.63 bits per heavy atom. The van der Waals surface area contributed by atoms with Crippen LogP contribution < -0.4 is 10.2 Å². The number of hydrogen-bond acceptors (Lipinski definition) is 5. The van der Waals surface area contributed by atoms with Crippen LogP contribution in [0.5, 0.6) is 0 Å². The lowest BCUT2D eigenvalue weighted by Gasteiger charge is -2.28. The molecule has 140 valence electrons. The minimum atomic E-state index is -1.32. The predicted octanol–water partition coefficient (Wildman–Crippen LogP) is 1.96. The molecule has 1 aliphatic heterocycles. The fourth-order valence-corrected chi connectivity index (χ4v) is 3.67. The van der Waals surface area contributed by atoms with Crippen molar-refractivity contribution in [2.75, 3.05) is 29.1 Å². The number of amides is 2. The van der Waals surface area contributed by atoms with Crippen molar-refractivity contribution < 1.29 is 23.3 Å². The highest BCUT2D eigenvalue weighted by molar-refractivity contribution is 7.85. The summed E-state index contributed by atoms with van der Waals surface area (Å²) in [6, 6.07) is 13.3. The van der Waals surface area contributed by atoms with Crippen LogP contribution in [0.2, 0.25) is 0 Å². The first-order valence-electron chi connectivity index (χ1n) is 8.35. The zero-order valence-electron chi connectivity index (χ0n) is 14.6. The van der Waals surface area contributed by atoms with Crippen molar-refractivity contribution in [3.05, 3.63) is 54.1 Å². The van der Waals surface area contributed by atoms with E-state index in [2.05, 4.69) is 5.32 Å². The van der Waals surface area contributed by atoms with E-state index in [0.717, 1.165) is 0 Å². The summed E-state index contributed by atoms with van der Waals surface area (Å²) in [6.45, 7) is 1.08. The maximum Gasteiger partial charge on any atom is 0.339 e. The van der Waals surface area contributed by atoms with Gasteiger partial charge in [-0.15, -0.1) is 0 Å². The van der Waals surface area contributed by atoms with Crippen molar-refractivity contribution in [2.24, 2.45) is 0 Å². The number of benzene rings is 2. The molecule has 8 heteroatoms. The van der Waals surface area contributed by atoms with Crippen LogP contribution in [0.25, 0.3) is 0 Å². The van der Waals surface area contributed by atoms with Gasteiger partial charge in [0.25, 0.3) is 5.91 Å². The Morgan fingerprint density at radius 2 is 1.85 bits per heavy atom. The maximum atomic E-state index is 12.5. The van der Waals surface area contributed by atoms with Gasteiger partial charge in [-0.2, -0.15) is 0 Å². The van der Waals surface area contributed by atoms with Crippen molar-refractivity contribution in [1.82, 2.24) is 0 Å². The van der Waals surface area contributed by atoms with Gasteiger partial charge in [0.05, 0.1) is 32.6 Å². The van der Waals surface area contributed by atoms with Crippen LogP contribution in [0.4, 0.5) is 11.4 Å². The molecule has 2 amide bonds. The van der Waals surface area contributed by atoms with Crippen LogP contribution in [-0.4, -0.2) is 40.9 Å². The van der Waals surface area contributed by atoms with E-state index in [4.69, 9.17) is 4.74 Å². The molecule has 0 bridgehead atoms. The minimum Gasteiger partial charge on any atom is -0.452 e. The fraction of sp³-hybridized carbons (Fsp3) is 0.211. The molecule has 2 aromatic rings. The van der Waals surface area contributed by atoms with Crippen LogP contribution >= 0.6 is 0 Å². The van der Waals surface area contributed by atoms with Gasteiger partial charge in [-0.05, 0) is 24.3 Å². The van der Waals surface area contributed by atoms with Crippen molar-refractivity contribution in [3.63, 3.8) is 0 Å². The normalized spacial score (nSPS) is 14.1. The first-order chi connectivity index (χ1) is 13.0. The summed E-state index contributed by atoms with van der Waals surface area (Å²) in [6.07, 6.45) is 0. The lowest BCUT2D eigenvalue weighted by molar-refractivity contribution is -0.124. The molecule has 1 atom stereocenters. The van der Waals surface area contributed by atoms with Gasteiger partial charge in [0.1, 0.15) is 6.54 Å². The lowest BCUT2D eigenvalue weighted by Crippen LogP contribution is -2.44. The first-order valence-corrected chi connectivity index (χ1v) is 9.67. The van der Waals surface area contributed by atoms with E-state index < -0.39 is 29.3 Å². The molecule has 0 unspecified atom stereocenters. The van der Waals surface area contributed by atoms with Gasteiger partial charge >= 0.3 is 5.97 Å². The van der Waals surface area contributed by atoms with E-state index in [0.29, 0.717) is 22.0 Å². The van der Waals surface area contributed by atoms with Crippen LogP contribution in [-0.2, 0) is 25.1 Å². The Morgan fingerprint density at radius 1 is 1.15 bits per heavy atom. The number of hydrogen-bond donors (Lipinski definition) is 1. The van der Waals surface area contributed by atoms with Gasteiger partial charge in [-0.3, -0.25) is 18.7 Å². The number of para-hydroxylation sites is 2. The van der Waals surface area contributed by atoms with Crippen LogP contribution in [0.1, 0.15) is 17.3 Å². The second-order valence-electron chi connectivity index (χ2n) is 5.75. The molecule has 0 aliphatic carbocycles. The molecule has 0 fully saturated rings. The Balaban J connectivity index is 1.73. The first kappa shape index (κ1) is 18.8. The van der Waals surface area contributed by atoms with Gasteiger partial charge in [0.15, 0.2) is 6.61 Å². The number of nitrogens with zero attached hydrogens (tertiary/aromatic N) is 1. The van der Waals surface area contributed by atoms with Gasteiger partial charge in [0.2, 0.25) is 5.91 Å². The summed E-state index contributed by atoms with van der Waals surface area (Å²) in [5, 5.41) is 2.69. The Kier molecular flexibility index (Phi) is 5.66. The van der Waals surface area contributed by atoms with Crippen molar-refractivity contribution in [1.29, 1.82) is 0 Å². The summed E-state index contributed by atoms with van der Waals surface area (Å²) < 4.78 is 17.2. The number of ether oxygens (including phenoxy) is 1. The summed E-state index contributed by atoms with van der Waals surface area (Å²) in [7, 11) is -1.32. The number of rotatable bonds is 5. The summed E-state index contributed by atoms with van der Waals surface area (Å²) >= 11 is 0. The predicted molar refractivity (Wildman–Crippen MR) is 101 cm³/mol. The molecule has 0 saturated carbocycles. The molecular formula is C19H18N2O5S. The molecule has 3 rings (SSSR count). The lowest BCUT2D eigenvalue weighted by atomic mass is 10.2. The third-order valence-electron chi connectivity index (χ3n) is 4.01. The summed E-state index contributed by atoms with van der Waals surface area (Å²) in [5.74, 6) is -1.20. The average Bonchev–Trinajstić information content (AvgIpc) is 2.70. The van der Waals surface area contributed by atoms with E-state index in [1.54, 1.807) is 49.4 Å². The molecule has 27 heavy (non-hydrogen) atoms. The molecular weight excluding hydrogens is 368 g/mol. The molecule has 2 aromatic carbocycles. The van der Waals surface area contributed by atoms with Crippen LogP contribution in [0.3, 0.4) is 0 Å². The average molecular weight is 386 g/mol. The second-order valence-corrected chi connectivity index (χ2v) is 7.46. The maximum absolute atomic E-state index is 12.5. The van der Waals surface area contributed by atoms with E-state index in [1.807, 2.05) is 0 Å². The van der Waals surface area contributed by atoms with Gasteiger partial charge in [-0.1, -0.05) is 31.2 Å². The minimum absolute atomic E-state index is 0.149. The molecule has 0 saturated heterocycles. The summed E-state index contributed by atoms with van der Waals surface area (Å²) in [4.78, 5) is 38.4. The zero-order valence-corrected chi connectivity index (χ0v) is 15.5. The number of carbonyl (C=O) groups excluding carboxylic acids is 3. The summed E-state index contributed by atoms with van der Waals surface area (Å²) in [5.41, 5.74) is 1.24. The van der Waals surface area contributed by atoms with Crippen LogP contribution in [0.15, 0.2) is 53.4 Å². The molecule has 0 aromatic heterocycles. The van der Waals surface area contributed by atoms with E-state index >= 15 is 0 Å². The zero-order chi connectivity index (χ0) is 19.4.